The fraction of sp³-hybridized carbons (Fsp3) is 0.143. The second kappa shape index (κ2) is 8.91. The molecule has 9 nitrogen and oxygen atoms in total. The summed E-state index contributed by atoms with van der Waals surface area (Å²) >= 11 is 0. The van der Waals surface area contributed by atoms with E-state index in [4.69, 9.17) is 9.47 Å². The lowest BCUT2D eigenvalue weighted by Gasteiger charge is -2.08. The Kier molecular flexibility index (Phi) is 6.11. The maximum absolute atomic E-state index is 12.3. The normalized spacial score (nSPS) is 10.3. The zero-order valence-corrected chi connectivity index (χ0v) is 16.3. The van der Waals surface area contributed by atoms with Crippen molar-refractivity contribution in [3.63, 3.8) is 0 Å². The van der Waals surface area contributed by atoms with E-state index in [0.717, 1.165) is 6.07 Å². The highest BCUT2D eigenvalue weighted by atomic mass is 16.6. The Morgan fingerprint density at radius 2 is 1.77 bits per heavy atom. The van der Waals surface area contributed by atoms with Gasteiger partial charge in [-0.1, -0.05) is 12.1 Å². The number of nitrogens with zero attached hydrogens (tertiary/aromatic N) is 2. The van der Waals surface area contributed by atoms with Gasteiger partial charge in [0.15, 0.2) is 0 Å². The number of benzene rings is 2. The molecule has 154 valence electrons. The summed E-state index contributed by atoms with van der Waals surface area (Å²) in [6.07, 6.45) is 1.24. The summed E-state index contributed by atoms with van der Waals surface area (Å²) in [4.78, 5) is 34.7. The van der Waals surface area contributed by atoms with Gasteiger partial charge in [-0.25, -0.2) is 4.79 Å². The predicted molar refractivity (Wildman–Crippen MR) is 109 cm³/mol. The minimum atomic E-state index is -0.674. The highest BCUT2D eigenvalue weighted by Gasteiger charge is 2.18. The molecule has 3 aromatic rings. The minimum absolute atomic E-state index is 0.0296. The number of hydrogen-bond donors (Lipinski definition) is 1. The number of carbonyl (C=O) groups excluding carboxylic acids is 2. The van der Waals surface area contributed by atoms with Crippen molar-refractivity contribution in [3.05, 3.63) is 87.7 Å². The summed E-state index contributed by atoms with van der Waals surface area (Å²) < 4.78 is 11.6. The molecule has 0 saturated carbocycles. The van der Waals surface area contributed by atoms with E-state index >= 15 is 0 Å². The Morgan fingerprint density at radius 3 is 2.33 bits per heavy atom. The molecule has 0 bridgehead atoms. The van der Waals surface area contributed by atoms with Crippen LogP contribution in [0, 0.1) is 10.1 Å². The van der Waals surface area contributed by atoms with Crippen molar-refractivity contribution in [3.8, 4) is 5.75 Å². The Morgan fingerprint density at radius 1 is 1.10 bits per heavy atom. The first kappa shape index (κ1) is 20.6. The first-order chi connectivity index (χ1) is 14.4. The van der Waals surface area contributed by atoms with E-state index in [1.807, 2.05) is 0 Å². The molecule has 1 N–H and O–H groups in total. The largest absolute Gasteiger partial charge is 0.497 e. The summed E-state index contributed by atoms with van der Waals surface area (Å²) in [7, 11) is 3.09. The molecule has 9 heteroatoms. The van der Waals surface area contributed by atoms with Gasteiger partial charge < -0.3 is 19.4 Å². The zero-order valence-electron chi connectivity index (χ0n) is 16.3. The van der Waals surface area contributed by atoms with Crippen LogP contribution in [0.25, 0.3) is 0 Å². The van der Waals surface area contributed by atoms with Crippen molar-refractivity contribution >= 4 is 23.3 Å². The van der Waals surface area contributed by atoms with Crippen LogP contribution in [0.4, 0.5) is 11.4 Å². The Balaban J connectivity index is 1.58. The molecule has 30 heavy (non-hydrogen) atoms. The molecule has 0 radical (unpaired) electrons. The lowest BCUT2D eigenvalue weighted by molar-refractivity contribution is -0.384. The molecular weight excluding hydrogens is 390 g/mol. The SMILES string of the molecule is COc1ccc(NC(=O)c2ccc(COC(=O)c3cc([N+](=O)[O-])cn3C)cc2)cc1. The topological polar surface area (TPSA) is 113 Å². The maximum Gasteiger partial charge on any atom is 0.355 e. The smallest absolute Gasteiger partial charge is 0.355 e. The number of aryl methyl sites for hydroxylation is 1. The van der Waals surface area contributed by atoms with Crippen LogP contribution in [0.1, 0.15) is 26.4 Å². The molecule has 3 rings (SSSR count). The number of aromatic nitrogens is 1. The van der Waals surface area contributed by atoms with Gasteiger partial charge in [0.25, 0.3) is 11.6 Å². The standard InChI is InChI=1S/C21H19N3O6/c1-23-12-17(24(27)28)11-19(23)21(26)30-13-14-3-5-15(6-4-14)20(25)22-16-7-9-18(29-2)10-8-16/h3-12H,13H2,1-2H3,(H,22,25). The number of rotatable bonds is 7. The number of hydrogen-bond acceptors (Lipinski definition) is 6. The first-order valence-electron chi connectivity index (χ1n) is 8.89. The van der Waals surface area contributed by atoms with Gasteiger partial charge in [0.2, 0.25) is 0 Å². The monoisotopic (exact) mass is 409 g/mol. The Labute approximate surface area is 172 Å². The number of methoxy groups -OCH3 is 1. The Hall–Kier alpha value is -4.14. The summed E-state index contributed by atoms with van der Waals surface area (Å²) in [6.45, 7) is -0.0296. The fourth-order valence-electron chi connectivity index (χ4n) is 2.70. The van der Waals surface area contributed by atoms with Crippen molar-refractivity contribution in [2.24, 2.45) is 7.05 Å². The van der Waals surface area contributed by atoms with Crippen molar-refractivity contribution in [1.82, 2.24) is 4.57 Å². The third kappa shape index (κ3) is 4.82. The number of anilines is 1. The summed E-state index contributed by atoms with van der Waals surface area (Å²) in [5, 5.41) is 13.6. The number of ether oxygens (including phenoxy) is 2. The van der Waals surface area contributed by atoms with Crippen LogP contribution in [0.5, 0.6) is 5.75 Å². The van der Waals surface area contributed by atoms with E-state index < -0.39 is 10.9 Å². The van der Waals surface area contributed by atoms with E-state index in [9.17, 15) is 19.7 Å². The van der Waals surface area contributed by atoms with Gasteiger partial charge in [-0.2, -0.15) is 0 Å². The lowest BCUT2D eigenvalue weighted by atomic mass is 10.1. The van der Waals surface area contributed by atoms with Crippen molar-refractivity contribution in [2.75, 3.05) is 12.4 Å². The molecule has 0 atom stereocenters. The van der Waals surface area contributed by atoms with E-state index in [1.54, 1.807) is 55.6 Å². The zero-order chi connectivity index (χ0) is 21.7. The van der Waals surface area contributed by atoms with Gasteiger partial charge in [0.05, 0.1) is 18.2 Å². The molecular formula is C21H19N3O6. The molecule has 0 unspecified atom stereocenters. The molecule has 0 spiro atoms. The summed E-state index contributed by atoms with van der Waals surface area (Å²) in [6, 6.07) is 14.7. The molecule has 2 aromatic carbocycles. The van der Waals surface area contributed by atoms with Crippen LogP contribution in [-0.4, -0.2) is 28.5 Å². The summed E-state index contributed by atoms with van der Waals surface area (Å²) in [5.41, 5.74) is 1.65. The van der Waals surface area contributed by atoms with Crippen molar-refractivity contribution in [1.29, 1.82) is 0 Å². The summed E-state index contributed by atoms with van der Waals surface area (Å²) in [5.74, 6) is -0.261. The molecule has 1 heterocycles. The number of carbonyl (C=O) groups is 2. The molecule has 0 aliphatic rings. The first-order valence-corrected chi connectivity index (χ1v) is 8.89. The molecule has 1 amide bonds. The highest BCUT2D eigenvalue weighted by molar-refractivity contribution is 6.04. The van der Waals surface area contributed by atoms with Crippen LogP contribution in [-0.2, 0) is 18.4 Å². The van der Waals surface area contributed by atoms with Gasteiger partial charge in [-0.05, 0) is 42.0 Å². The second-order valence-corrected chi connectivity index (χ2v) is 6.41. The van der Waals surface area contributed by atoms with E-state index in [2.05, 4.69) is 5.32 Å². The average molecular weight is 409 g/mol. The fourth-order valence-corrected chi connectivity index (χ4v) is 2.70. The van der Waals surface area contributed by atoms with Crippen LogP contribution >= 0.6 is 0 Å². The molecule has 0 saturated heterocycles. The van der Waals surface area contributed by atoms with E-state index in [-0.39, 0.29) is 23.9 Å². The lowest BCUT2D eigenvalue weighted by Crippen LogP contribution is -2.12. The van der Waals surface area contributed by atoms with Gasteiger partial charge in [-0.15, -0.1) is 0 Å². The number of esters is 1. The van der Waals surface area contributed by atoms with E-state index in [0.29, 0.717) is 22.6 Å². The third-order valence-electron chi connectivity index (χ3n) is 4.34. The molecule has 0 aliphatic heterocycles. The molecule has 0 aliphatic carbocycles. The van der Waals surface area contributed by atoms with Gasteiger partial charge in [-0.3, -0.25) is 14.9 Å². The van der Waals surface area contributed by atoms with Crippen LogP contribution in [0.15, 0.2) is 60.8 Å². The quantitative estimate of drug-likeness (QED) is 0.363. The van der Waals surface area contributed by atoms with Gasteiger partial charge >= 0.3 is 5.97 Å². The van der Waals surface area contributed by atoms with Crippen LogP contribution < -0.4 is 10.1 Å². The average Bonchev–Trinajstić information content (AvgIpc) is 3.15. The molecule has 0 fully saturated rings. The molecule has 1 aromatic heterocycles. The van der Waals surface area contributed by atoms with Gasteiger partial charge in [0.1, 0.15) is 18.1 Å². The highest BCUT2D eigenvalue weighted by Crippen LogP contribution is 2.18. The van der Waals surface area contributed by atoms with Gasteiger partial charge in [0, 0.05) is 24.4 Å². The van der Waals surface area contributed by atoms with E-state index in [1.165, 1.54) is 17.8 Å². The Bertz CT molecular complexity index is 1070. The second-order valence-electron chi connectivity index (χ2n) is 6.41. The number of nitro groups is 1. The van der Waals surface area contributed by atoms with Crippen LogP contribution in [0.3, 0.4) is 0 Å². The minimum Gasteiger partial charge on any atom is -0.497 e. The number of nitrogens with one attached hydrogen (secondary N) is 1. The van der Waals surface area contributed by atoms with Crippen molar-refractivity contribution in [2.45, 2.75) is 6.61 Å². The third-order valence-corrected chi connectivity index (χ3v) is 4.34. The maximum atomic E-state index is 12.3. The van der Waals surface area contributed by atoms with Crippen LogP contribution in [0.2, 0.25) is 0 Å². The number of amides is 1. The van der Waals surface area contributed by atoms with Crippen molar-refractivity contribution < 1.29 is 24.0 Å². The predicted octanol–water partition coefficient (Wildman–Crippen LogP) is 3.55.